The first-order valence-corrected chi connectivity index (χ1v) is 15.8. The Labute approximate surface area is 261 Å². The molecule has 4 aromatic heterocycles. The van der Waals surface area contributed by atoms with E-state index in [1.807, 2.05) is 41.7 Å². The maximum absolute atomic E-state index is 6.83. The molecule has 0 aliphatic heterocycles. The van der Waals surface area contributed by atoms with Crippen molar-refractivity contribution in [3.8, 4) is 28.5 Å². The van der Waals surface area contributed by atoms with Crippen LogP contribution in [0.4, 0.5) is 0 Å². The zero-order valence-corrected chi connectivity index (χ0v) is 24.8. The van der Waals surface area contributed by atoms with Crippen molar-refractivity contribution in [1.82, 2.24) is 14.5 Å². The molecule has 10 aromatic rings. The summed E-state index contributed by atoms with van der Waals surface area (Å²) in [5, 5.41) is 7.16. The highest BCUT2D eigenvalue weighted by Gasteiger charge is 2.26. The van der Waals surface area contributed by atoms with Crippen LogP contribution in [0.2, 0.25) is 0 Å². The molecule has 0 aliphatic rings. The van der Waals surface area contributed by atoms with Gasteiger partial charge in [0.25, 0.3) is 0 Å². The predicted octanol–water partition coefficient (Wildman–Crippen LogP) is 11.2. The molecule has 10 rings (SSSR count). The first kappa shape index (κ1) is 24.6. The van der Waals surface area contributed by atoms with Gasteiger partial charge in [-0.2, -0.15) is 0 Å². The van der Waals surface area contributed by atoms with Crippen molar-refractivity contribution in [2.75, 3.05) is 0 Å². The molecule has 5 heteroatoms. The summed E-state index contributed by atoms with van der Waals surface area (Å²) < 4.78 is 11.6. The van der Waals surface area contributed by atoms with Crippen LogP contribution in [0.3, 0.4) is 0 Å². The fourth-order valence-corrected chi connectivity index (χ4v) is 8.14. The van der Waals surface area contributed by atoms with Gasteiger partial charge in [0.2, 0.25) is 0 Å². The first-order valence-electron chi connectivity index (χ1n) is 15.0. The van der Waals surface area contributed by atoms with E-state index in [4.69, 9.17) is 14.4 Å². The first-order chi connectivity index (χ1) is 22.3. The minimum Gasteiger partial charge on any atom is -0.454 e. The maximum Gasteiger partial charge on any atom is 0.162 e. The molecule has 0 fully saturated rings. The zero-order chi connectivity index (χ0) is 29.5. The van der Waals surface area contributed by atoms with Gasteiger partial charge in [-0.25, -0.2) is 9.97 Å². The second kappa shape index (κ2) is 9.36. The summed E-state index contributed by atoms with van der Waals surface area (Å²) in [5.41, 5.74) is 6.74. The summed E-state index contributed by atoms with van der Waals surface area (Å²) >= 11 is 1.84. The van der Waals surface area contributed by atoms with Gasteiger partial charge < -0.3 is 4.42 Å². The number of aromatic nitrogens is 3. The molecule has 6 aromatic carbocycles. The highest BCUT2D eigenvalue weighted by atomic mass is 32.1. The third-order valence-electron chi connectivity index (χ3n) is 8.80. The van der Waals surface area contributed by atoms with Crippen molar-refractivity contribution in [1.29, 1.82) is 0 Å². The summed E-state index contributed by atoms with van der Waals surface area (Å²) in [6.07, 6.45) is 0. The van der Waals surface area contributed by atoms with Gasteiger partial charge in [0.05, 0.1) is 16.7 Å². The number of benzene rings is 6. The lowest BCUT2D eigenvalue weighted by molar-refractivity contribution is 0.671. The van der Waals surface area contributed by atoms with Crippen molar-refractivity contribution in [3.05, 3.63) is 140 Å². The van der Waals surface area contributed by atoms with Gasteiger partial charge in [-0.05, 0) is 18.2 Å². The molecule has 0 bridgehead atoms. The molecule has 0 unspecified atom stereocenters. The zero-order valence-electron chi connectivity index (χ0n) is 23.9. The van der Waals surface area contributed by atoms with E-state index in [0.29, 0.717) is 5.82 Å². The van der Waals surface area contributed by atoms with E-state index in [9.17, 15) is 0 Å². The average molecular weight is 594 g/mol. The lowest BCUT2D eigenvalue weighted by Crippen LogP contribution is -2.02. The minimum absolute atomic E-state index is 0.681. The highest BCUT2D eigenvalue weighted by Crippen LogP contribution is 2.50. The molecule has 0 saturated heterocycles. The van der Waals surface area contributed by atoms with Crippen LogP contribution < -0.4 is 0 Å². The van der Waals surface area contributed by atoms with Gasteiger partial charge in [0.1, 0.15) is 11.4 Å². The van der Waals surface area contributed by atoms with E-state index >= 15 is 0 Å². The lowest BCUT2D eigenvalue weighted by Gasteiger charge is -2.12. The molecular weight excluding hydrogens is 571 g/mol. The molecule has 0 aliphatic carbocycles. The Kier molecular flexibility index (Phi) is 5.12. The van der Waals surface area contributed by atoms with Crippen molar-refractivity contribution in [3.63, 3.8) is 0 Å². The summed E-state index contributed by atoms with van der Waals surface area (Å²) in [6, 6.07) is 48.4. The summed E-state index contributed by atoms with van der Waals surface area (Å²) in [7, 11) is 0. The van der Waals surface area contributed by atoms with Crippen LogP contribution in [0.1, 0.15) is 0 Å². The Morgan fingerprint density at radius 3 is 2.04 bits per heavy atom. The molecule has 45 heavy (non-hydrogen) atoms. The Morgan fingerprint density at radius 1 is 0.556 bits per heavy atom. The van der Waals surface area contributed by atoms with Crippen molar-refractivity contribution in [2.45, 2.75) is 0 Å². The van der Waals surface area contributed by atoms with E-state index in [0.717, 1.165) is 55.6 Å². The average Bonchev–Trinajstić information content (AvgIpc) is 3.78. The quantitative estimate of drug-likeness (QED) is 0.205. The molecular formula is C40H23N3OS. The second-order valence-corrected chi connectivity index (χ2v) is 12.4. The van der Waals surface area contributed by atoms with E-state index in [1.165, 1.54) is 30.9 Å². The second-order valence-electron chi connectivity index (χ2n) is 11.3. The fourth-order valence-electron chi connectivity index (χ4n) is 6.88. The van der Waals surface area contributed by atoms with Crippen LogP contribution in [0.15, 0.2) is 144 Å². The topological polar surface area (TPSA) is 43.9 Å². The van der Waals surface area contributed by atoms with Crippen molar-refractivity contribution < 1.29 is 4.42 Å². The molecule has 0 saturated carbocycles. The third-order valence-corrected chi connectivity index (χ3v) is 9.99. The number of fused-ring (bicyclic) bond motifs is 12. The fraction of sp³-hybridized carbons (Fsp3) is 0. The van der Waals surface area contributed by atoms with E-state index < -0.39 is 0 Å². The van der Waals surface area contributed by atoms with Crippen molar-refractivity contribution in [2.24, 2.45) is 0 Å². The molecule has 0 radical (unpaired) electrons. The Bertz CT molecular complexity index is 2700. The monoisotopic (exact) mass is 593 g/mol. The van der Waals surface area contributed by atoms with Crippen LogP contribution in [0.25, 0.3) is 92.4 Å². The molecule has 0 amide bonds. The normalized spacial score (nSPS) is 12.0. The van der Waals surface area contributed by atoms with Gasteiger partial charge in [0.15, 0.2) is 11.4 Å². The highest BCUT2D eigenvalue weighted by molar-refractivity contribution is 7.27. The molecule has 210 valence electrons. The predicted molar refractivity (Wildman–Crippen MR) is 187 cm³/mol. The van der Waals surface area contributed by atoms with Crippen molar-refractivity contribution >= 4 is 75.3 Å². The Hall–Kier alpha value is -5.78. The summed E-state index contributed by atoms with van der Waals surface area (Å²) in [6.45, 7) is 0. The third kappa shape index (κ3) is 3.53. The van der Waals surface area contributed by atoms with Crippen LogP contribution in [0, 0.1) is 0 Å². The van der Waals surface area contributed by atoms with Crippen LogP contribution in [-0.2, 0) is 0 Å². The number of hydrogen-bond donors (Lipinski definition) is 0. The van der Waals surface area contributed by atoms with Crippen LogP contribution in [0.5, 0.6) is 0 Å². The number of hydrogen-bond acceptors (Lipinski definition) is 4. The molecule has 0 N–H and O–H groups in total. The minimum atomic E-state index is 0.681. The standard InChI is InChI=1S/C40H23N3OS/c1-3-13-24(14-4-1)29-23-33(42-40(41-29)25-15-5-2-6-16-25)43-30-20-10-7-17-26(30)34-35-28-19-9-12-22-32(28)45-39(35)36-27-18-8-11-21-31(27)44-38(36)37(34)43/h1-23H. The lowest BCUT2D eigenvalue weighted by atomic mass is 10.0. The van der Waals surface area contributed by atoms with Gasteiger partial charge in [-0.1, -0.05) is 115 Å². The number of furan rings is 1. The molecule has 4 heterocycles. The van der Waals surface area contributed by atoms with Gasteiger partial charge >= 0.3 is 0 Å². The summed E-state index contributed by atoms with van der Waals surface area (Å²) in [4.78, 5) is 10.4. The Morgan fingerprint density at radius 2 is 1.22 bits per heavy atom. The molecule has 4 nitrogen and oxygen atoms in total. The number of rotatable bonds is 3. The van der Waals surface area contributed by atoms with Gasteiger partial charge in [0, 0.05) is 58.9 Å². The SMILES string of the molecule is c1ccc(-c2cc(-n3c4ccccc4c4c5c6ccccc6sc5c5c6ccccc6oc5c43)nc(-c3ccccc3)n2)cc1. The number of para-hydroxylation sites is 2. The van der Waals surface area contributed by atoms with Gasteiger partial charge in [-0.15, -0.1) is 11.3 Å². The van der Waals surface area contributed by atoms with Crippen LogP contribution >= 0.6 is 11.3 Å². The largest absolute Gasteiger partial charge is 0.454 e. The molecule has 0 spiro atoms. The van der Waals surface area contributed by atoms with Gasteiger partial charge in [-0.3, -0.25) is 4.57 Å². The summed E-state index contributed by atoms with van der Waals surface area (Å²) in [5.74, 6) is 1.48. The number of nitrogens with zero attached hydrogens (tertiary/aromatic N) is 3. The van der Waals surface area contributed by atoms with Crippen LogP contribution in [-0.4, -0.2) is 14.5 Å². The van der Waals surface area contributed by atoms with E-state index in [2.05, 4.69) is 114 Å². The number of thiophene rings is 1. The Balaban J connectivity index is 1.45. The molecule has 0 atom stereocenters. The van der Waals surface area contributed by atoms with E-state index in [1.54, 1.807) is 0 Å². The maximum atomic E-state index is 6.83. The van der Waals surface area contributed by atoms with E-state index in [-0.39, 0.29) is 0 Å². The smallest absolute Gasteiger partial charge is 0.162 e.